The monoisotopic (exact) mass is 327 g/mol. The molecule has 0 amide bonds. The van der Waals surface area contributed by atoms with Crippen LogP contribution in [0.5, 0.6) is 0 Å². The summed E-state index contributed by atoms with van der Waals surface area (Å²) in [5, 5.41) is 10.7. The highest BCUT2D eigenvalue weighted by molar-refractivity contribution is 9.10. The van der Waals surface area contributed by atoms with Crippen molar-refractivity contribution in [1.29, 1.82) is 0 Å². The number of non-ortho nitro benzene ring substituents is 1. The number of likely N-dealkylation sites (tertiary alicyclic amines) is 1. The van der Waals surface area contributed by atoms with E-state index >= 15 is 0 Å². The van der Waals surface area contributed by atoms with Crippen LogP contribution < -0.4 is 5.73 Å². The number of nitro groups is 1. The highest BCUT2D eigenvalue weighted by atomic mass is 79.9. The summed E-state index contributed by atoms with van der Waals surface area (Å²) in [5.41, 5.74) is 7.12. The minimum atomic E-state index is -0.378. The van der Waals surface area contributed by atoms with Crippen molar-refractivity contribution < 1.29 is 4.92 Å². The van der Waals surface area contributed by atoms with Crippen LogP contribution in [0.4, 0.5) is 5.69 Å². The molecular weight excluding hydrogens is 310 g/mol. The summed E-state index contributed by atoms with van der Waals surface area (Å²) in [6.07, 6.45) is 1.13. The number of nitrogens with two attached hydrogens (primary N) is 1. The van der Waals surface area contributed by atoms with Crippen molar-refractivity contribution in [3.63, 3.8) is 0 Å². The second kappa shape index (κ2) is 5.98. The lowest BCUT2D eigenvalue weighted by atomic mass is 10.0. The van der Waals surface area contributed by atoms with E-state index in [9.17, 15) is 10.1 Å². The van der Waals surface area contributed by atoms with Crippen LogP contribution in [0.15, 0.2) is 22.7 Å². The van der Waals surface area contributed by atoms with Crippen LogP contribution in [-0.4, -0.2) is 29.0 Å². The summed E-state index contributed by atoms with van der Waals surface area (Å²) < 4.78 is 0.797. The molecule has 2 N–H and O–H groups in total. The molecule has 104 valence electrons. The van der Waals surface area contributed by atoms with Gasteiger partial charge in [-0.05, 0) is 37.4 Å². The molecule has 1 fully saturated rings. The predicted octanol–water partition coefficient (Wildman–Crippen LogP) is 2.53. The first kappa shape index (κ1) is 14.4. The fourth-order valence-corrected chi connectivity index (χ4v) is 2.95. The van der Waals surface area contributed by atoms with Gasteiger partial charge in [0.1, 0.15) is 0 Å². The van der Waals surface area contributed by atoms with Gasteiger partial charge in [0.25, 0.3) is 5.69 Å². The molecular formula is C13H18BrN3O2. The predicted molar refractivity (Wildman–Crippen MR) is 77.8 cm³/mol. The molecule has 1 aromatic rings. The first-order chi connectivity index (χ1) is 8.97. The van der Waals surface area contributed by atoms with E-state index in [1.807, 2.05) is 6.07 Å². The molecule has 0 aromatic heterocycles. The third kappa shape index (κ3) is 3.52. The van der Waals surface area contributed by atoms with E-state index < -0.39 is 0 Å². The molecule has 19 heavy (non-hydrogen) atoms. The standard InChI is InChI=1S/C13H18BrN3O2/c1-9(15)10-4-5-16(7-10)8-11-2-3-12(17(18)19)6-13(11)14/h2-3,6,9-10H,4-5,7-8,15H2,1H3. The third-order valence-corrected chi connectivity index (χ3v) is 4.43. The van der Waals surface area contributed by atoms with Crippen molar-refractivity contribution in [2.75, 3.05) is 13.1 Å². The Labute approximate surface area is 121 Å². The normalized spacial score (nSPS) is 21.5. The number of hydrogen-bond acceptors (Lipinski definition) is 4. The van der Waals surface area contributed by atoms with Gasteiger partial charge in [0, 0.05) is 35.7 Å². The van der Waals surface area contributed by atoms with E-state index in [2.05, 4.69) is 27.8 Å². The molecule has 5 nitrogen and oxygen atoms in total. The van der Waals surface area contributed by atoms with Gasteiger partial charge in [-0.3, -0.25) is 15.0 Å². The van der Waals surface area contributed by atoms with Crippen LogP contribution in [-0.2, 0) is 6.54 Å². The number of nitrogens with zero attached hydrogens (tertiary/aromatic N) is 2. The zero-order valence-corrected chi connectivity index (χ0v) is 12.5. The molecule has 1 heterocycles. The van der Waals surface area contributed by atoms with Crippen LogP contribution >= 0.6 is 15.9 Å². The minimum Gasteiger partial charge on any atom is -0.328 e. The van der Waals surface area contributed by atoms with Crippen molar-refractivity contribution in [3.8, 4) is 0 Å². The summed E-state index contributed by atoms with van der Waals surface area (Å²) in [5.74, 6) is 0.553. The van der Waals surface area contributed by atoms with Gasteiger partial charge in [-0.15, -0.1) is 0 Å². The third-order valence-electron chi connectivity index (χ3n) is 3.69. The average molecular weight is 328 g/mol. The highest BCUT2D eigenvalue weighted by Crippen LogP contribution is 2.26. The lowest BCUT2D eigenvalue weighted by molar-refractivity contribution is -0.384. The fraction of sp³-hybridized carbons (Fsp3) is 0.538. The number of benzene rings is 1. The molecule has 0 bridgehead atoms. The van der Waals surface area contributed by atoms with E-state index in [1.54, 1.807) is 12.1 Å². The van der Waals surface area contributed by atoms with E-state index in [0.717, 1.165) is 36.1 Å². The van der Waals surface area contributed by atoms with Crippen molar-refractivity contribution >= 4 is 21.6 Å². The molecule has 1 saturated heterocycles. The largest absolute Gasteiger partial charge is 0.328 e. The molecule has 0 spiro atoms. The van der Waals surface area contributed by atoms with Crippen molar-refractivity contribution in [2.45, 2.75) is 25.9 Å². The molecule has 6 heteroatoms. The van der Waals surface area contributed by atoms with Gasteiger partial charge in [-0.1, -0.05) is 15.9 Å². The molecule has 1 aromatic carbocycles. The minimum absolute atomic E-state index is 0.116. The SMILES string of the molecule is CC(N)C1CCN(Cc2ccc([N+](=O)[O-])cc2Br)C1. The maximum Gasteiger partial charge on any atom is 0.270 e. The van der Waals surface area contributed by atoms with Crippen LogP contribution in [0, 0.1) is 16.0 Å². The van der Waals surface area contributed by atoms with E-state index in [1.165, 1.54) is 0 Å². The van der Waals surface area contributed by atoms with E-state index in [-0.39, 0.29) is 16.7 Å². The van der Waals surface area contributed by atoms with Gasteiger partial charge >= 0.3 is 0 Å². The quantitative estimate of drug-likeness (QED) is 0.681. The second-order valence-electron chi connectivity index (χ2n) is 5.18. The summed E-state index contributed by atoms with van der Waals surface area (Å²) in [6.45, 7) is 4.90. The summed E-state index contributed by atoms with van der Waals surface area (Å²) in [6, 6.07) is 5.17. The number of rotatable bonds is 4. The summed E-state index contributed by atoms with van der Waals surface area (Å²) in [4.78, 5) is 12.7. The lowest BCUT2D eigenvalue weighted by Gasteiger charge is -2.18. The molecule has 2 atom stereocenters. The van der Waals surface area contributed by atoms with Crippen molar-refractivity contribution in [1.82, 2.24) is 4.90 Å². The Morgan fingerprint density at radius 1 is 1.63 bits per heavy atom. The second-order valence-corrected chi connectivity index (χ2v) is 6.03. The van der Waals surface area contributed by atoms with Gasteiger partial charge in [0.2, 0.25) is 0 Å². The topological polar surface area (TPSA) is 72.4 Å². The first-order valence-corrected chi connectivity index (χ1v) is 7.17. The molecule has 0 saturated carbocycles. The molecule has 1 aliphatic heterocycles. The van der Waals surface area contributed by atoms with Crippen LogP contribution in [0.25, 0.3) is 0 Å². The molecule has 0 radical (unpaired) electrons. The number of halogens is 1. The van der Waals surface area contributed by atoms with Gasteiger partial charge in [-0.25, -0.2) is 0 Å². The Morgan fingerprint density at radius 2 is 2.37 bits per heavy atom. The Hall–Kier alpha value is -0.980. The smallest absolute Gasteiger partial charge is 0.270 e. The van der Waals surface area contributed by atoms with Crippen molar-refractivity contribution in [2.24, 2.45) is 11.7 Å². The number of hydrogen-bond donors (Lipinski definition) is 1. The maximum atomic E-state index is 10.7. The maximum absolute atomic E-state index is 10.7. The summed E-state index contributed by atoms with van der Waals surface area (Å²) in [7, 11) is 0. The molecule has 1 aliphatic rings. The molecule has 2 unspecified atom stereocenters. The zero-order valence-electron chi connectivity index (χ0n) is 10.9. The van der Waals surface area contributed by atoms with E-state index in [0.29, 0.717) is 5.92 Å². The average Bonchev–Trinajstić information content (AvgIpc) is 2.80. The highest BCUT2D eigenvalue weighted by Gasteiger charge is 2.25. The first-order valence-electron chi connectivity index (χ1n) is 6.38. The van der Waals surface area contributed by atoms with Gasteiger partial charge in [0.05, 0.1) is 4.92 Å². The Balaban J connectivity index is 2.02. The van der Waals surface area contributed by atoms with Crippen LogP contribution in [0.3, 0.4) is 0 Å². The Kier molecular flexibility index (Phi) is 4.54. The van der Waals surface area contributed by atoms with Gasteiger partial charge < -0.3 is 5.73 Å². The van der Waals surface area contributed by atoms with E-state index in [4.69, 9.17) is 5.73 Å². The summed E-state index contributed by atoms with van der Waals surface area (Å²) >= 11 is 3.41. The molecule has 2 rings (SSSR count). The van der Waals surface area contributed by atoms with Gasteiger partial charge in [-0.2, -0.15) is 0 Å². The van der Waals surface area contributed by atoms with Gasteiger partial charge in [0.15, 0.2) is 0 Å². The van der Waals surface area contributed by atoms with Crippen LogP contribution in [0.2, 0.25) is 0 Å². The number of nitro benzene ring substituents is 1. The lowest BCUT2D eigenvalue weighted by Crippen LogP contribution is -2.29. The molecule has 0 aliphatic carbocycles. The van der Waals surface area contributed by atoms with Crippen LogP contribution in [0.1, 0.15) is 18.9 Å². The Morgan fingerprint density at radius 3 is 2.89 bits per heavy atom. The Bertz CT molecular complexity index is 479. The van der Waals surface area contributed by atoms with Crippen molar-refractivity contribution in [3.05, 3.63) is 38.3 Å². The fourth-order valence-electron chi connectivity index (χ4n) is 2.45. The zero-order chi connectivity index (χ0) is 14.0.